The summed E-state index contributed by atoms with van der Waals surface area (Å²) in [6.45, 7) is 0.140. The standard InChI is InChI=1S/C14H16N2O4S/c17-10(18)6-3-7-16-13(19)11-8-4-1-2-5-9(8)21-12(11)15-14(16)20/h1-7H2,(H,15,20)(H,17,18). The summed E-state index contributed by atoms with van der Waals surface area (Å²) < 4.78 is 1.13. The van der Waals surface area contributed by atoms with Crippen molar-refractivity contribution < 1.29 is 9.90 Å². The number of carbonyl (C=O) groups is 1. The Balaban J connectivity index is 2.07. The number of hydrogen-bond acceptors (Lipinski definition) is 4. The van der Waals surface area contributed by atoms with E-state index in [9.17, 15) is 14.4 Å². The topological polar surface area (TPSA) is 92.2 Å². The predicted octanol–water partition coefficient (Wildman–Crippen LogP) is 1.49. The van der Waals surface area contributed by atoms with E-state index in [0.29, 0.717) is 10.2 Å². The number of carboxylic acids is 1. The summed E-state index contributed by atoms with van der Waals surface area (Å²) >= 11 is 1.50. The van der Waals surface area contributed by atoms with Crippen LogP contribution in [0.4, 0.5) is 0 Å². The minimum absolute atomic E-state index is 0.0499. The van der Waals surface area contributed by atoms with Gasteiger partial charge in [-0.2, -0.15) is 0 Å². The molecule has 0 bridgehead atoms. The van der Waals surface area contributed by atoms with Crippen molar-refractivity contribution in [1.82, 2.24) is 9.55 Å². The van der Waals surface area contributed by atoms with Crippen molar-refractivity contribution in [2.45, 2.75) is 45.1 Å². The number of aromatic amines is 1. The van der Waals surface area contributed by atoms with Gasteiger partial charge >= 0.3 is 11.7 Å². The number of hydrogen-bond donors (Lipinski definition) is 2. The smallest absolute Gasteiger partial charge is 0.329 e. The maximum absolute atomic E-state index is 12.6. The number of aliphatic carboxylic acids is 1. The minimum Gasteiger partial charge on any atom is -0.481 e. The molecule has 0 aromatic carbocycles. The van der Waals surface area contributed by atoms with Gasteiger partial charge in [0.25, 0.3) is 5.56 Å². The average molecular weight is 308 g/mol. The third-order valence-corrected chi connectivity index (χ3v) is 5.08. The molecule has 1 aliphatic rings. The van der Waals surface area contributed by atoms with Gasteiger partial charge in [0.05, 0.1) is 5.39 Å². The SMILES string of the molecule is O=C(O)CCCn1c(=O)[nH]c2sc3c(c2c1=O)CCCC3. The maximum atomic E-state index is 12.6. The van der Waals surface area contributed by atoms with Crippen molar-refractivity contribution >= 4 is 27.5 Å². The van der Waals surface area contributed by atoms with Crippen molar-refractivity contribution in [3.63, 3.8) is 0 Å². The first-order chi connectivity index (χ1) is 10.1. The van der Waals surface area contributed by atoms with Gasteiger partial charge in [-0.3, -0.25) is 19.1 Å². The van der Waals surface area contributed by atoms with Crippen LogP contribution < -0.4 is 11.2 Å². The van der Waals surface area contributed by atoms with E-state index in [4.69, 9.17) is 5.11 Å². The number of fused-ring (bicyclic) bond motifs is 3. The van der Waals surface area contributed by atoms with Crippen LogP contribution in [0, 0.1) is 0 Å². The molecule has 0 saturated carbocycles. The molecule has 7 heteroatoms. The van der Waals surface area contributed by atoms with Crippen molar-refractivity contribution in [1.29, 1.82) is 0 Å². The summed E-state index contributed by atoms with van der Waals surface area (Å²) in [5.41, 5.74) is 0.351. The molecule has 2 heterocycles. The lowest BCUT2D eigenvalue weighted by Gasteiger charge is -2.10. The van der Waals surface area contributed by atoms with Gasteiger partial charge in [-0.25, -0.2) is 4.79 Å². The Kier molecular flexibility index (Phi) is 3.67. The fourth-order valence-electron chi connectivity index (χ4n) is 2.86. The highest BCUT2D eigenvalue weighted by Crippen LogP contribution is 2.32. The molecule has 0 amide bonds. The van der Waals surface area contributed by atoms with Crippen LogP contribution in [0.3, 0.4) is 0 Å². The second kappa shape index (κ2) is 5.48. The molecule has 2 aromatic rings. The highest BCUT2D eigenvalue weighted by atomic mass is 32.1. The fraction of sp³-hybridized carbons (Fsp3) is 0.500. The first-order valence-electron chi connectivity index (χ1n) is 7.07. The maximum Gasteiger partial charge on any atom is 0.329 e. The Morgan fingerprint density at radius 2 is 2.05 bits per heavy atom. The molecule has 0 spiro atoms. The van der Waals surface area contributed by atoms with Gasteiger partial charge in [0, 0.05) is 17.8 Å². The van der Waals surface area contributed by atoms with Crippen LogP contribution in [0.1, 0.15) is 36.1 Å². The Bertz CT molecular complexity index is 815. The quantitative estimate of drug-likeness (QED) is 0.895. The zero-order valence-electron chi connectivity index (χ0n) is 11.5. The summed E-state index contributed by atoms with van der Waals surface area (Å²) in [7, 11) is 0. The van der Waals surface area contributed by atoms with Crippen molar-refractivity contribution in [3.05, 3.63) is 31.3 Å². The average Bonchev–Trinajstić information content (AvgIpc) is 2.80. The molecule has 6 nitrogen and oxygen atoms in total. The Hall–Kier alpha value is -1.89. The predicted molar refractivity (Wildman–Crippen MR) is 80.2 cm³/mol. The van der Waals surface area contributed by atoms with Gasteiger partial charge in [0.15, 0.2) is 0 Å². The zero-order valence-corrected chi connectivity index (χ0v) is 12.3. The molecule has 3 rings (SSSR count). The Morgan fingerprint density at radius 1 is 1.29 bits per heavy atom. The molecule has 1 aliphatic carbocycles. The van der Waals surface area contributed by atoms with E-state index in [-0.39, 0.29) is 24.9 Å². The minimum atomic E-state index is -0.923. The molecule has 0 radical (unpaired) electrons. The van der Waals surface area contributed by atoms with Crippen molar-refractivity contribution in [2.75, 3.05) is 0 Å². The van der Waals surface area contributed by atoms with E-state index in [1.54, 1.807) is 0 Å². The molecule has 0 saturated heterocycles. The highest BCUT2D eigenvalue weighted by Gasteiger charge is 2.20. The molecule has 21 heavy (non-hydrogen) atoms. The van der Waals surface area contributed by atoms with Crippen LogP contribution in [-0.2, 0) is 24.2 Å². The molecule has 0 aliphatic heterocycles. The number of nitrogens with one attached hydrogen (secondary N) is 1. The number of aromatic nitrogens is 2. The number of aryl methyl sites for hydroxylation is 2. The molecule has 0 atom stereocenters. The summed E-state index contributed by atoms with van der Waals surface area (Å²) in [6.07, 6.45) is 4.26. The monoisotopic (exact) mass is 308 g/mol. The van der Waals surface area contributed by atoms with Gasteiger partial charge in [-0.1, -0.05) is 0 Å². The summed E-state index contributed by atoms with van der Waals surface area (Å²) in [5.74, 6) is -0.923. The number of nitrogens with zero attached hydrogens (tertiary/aromatic N) is 1. The van der Waals surface area contributed by atoms with Gasteiger partial charge in [-0.15, -0.1) is 11.3 Å². The van der Waals surface area contributed by atoms with E-state index >= 15 is 0 Å². The second-order valence-electron chi connectivity index (χ2n) is 5.30. The highest BCUT2D eigenvalue weighted by molar-refractivity contribution is 7.18. The van der Waals surface area contributed by atoms with Crippen LogP contribution >= 0.6 is 11.3 Å². The molecule has 112 valence electrons. The van der Waals surface area contributed by atoms with Gasteiger partial charge in [-0.05, 0) is 37.7 Å². The number of thiophene rings is 1. The number of carboxylic acid groups (broad SMARTS) is 1. The van der Waals surface area contributed by atoms with Gasteiger partial charge < -0.3 is 5.11 Å². The van der Waals surface area contributed by atoms with E-state index in [0.717, 1.165) is 35.8 Å². The molecular weight excluding hydrogens is 292 g/mol. The van der Waals surface area contributed by atoms with Crippen LogP contribution in [0.15, 0.2) is 9.59 Å². The van der Waals surface area contributed by atoms with Gasteiger partial charge in [0.2, 0.25) is 0 Å². The summed E-state index contributed by atoms with van der Waals surface area (Å²) in [5, 5.41) is 9.28. The van der Waals surface area contributed by atoms with E-state index in [1.807, 2.05) is 0 Å². The molecule has 0 fully saturated rings. The second-order valence-corrected chi connectivity index (χ2v) is 6.40. The Morgan fingerprint density at radius 3 is 2.81 bits per heavy atom. The number of rotatable bonds is 4. The normalized spacial score (nSPS) is 14.3. The van der Waals surface area contributed by atoms with E-state index in [1.165, 1.54) is 16.2 Å². The molecule has 2 N–H and O–H groups in total. The summed E-state index contributed by atoms with van der Waals surface area (Å²) in [6, 6.07) is 0. The van der Waals surface area contributed by atoms with E-state index in [2.05, 4.69) is 4.98 Å². The lowest BCUT2D eigenvalue weighted by Crippen LogP contribution is -2.35. The lowest BCUT2D eigenvalue weighted by atomic mass is 9.97. The van der Waals surface area contributed by atoms with E-state index < -0.39 is 11.7 Å². The number of H-pyrrole nitrogens is 1. The largest absolute Gasteiger partial charge is 0.481 e. The third kappa shape index (κ3) is 2.53. The van der Waals surface area contributed by atoms with Crippen molar-refractivity contribution in [3.8, 4) is 0 Å². The van der Waals surface area contributed by atoms with Crippen molar-refractivity contribution in [2.24, 2.45) is 0 Å². The van der Waals surface area contributed by atoms with Crippen LogP contribution in [0.2, 0.25) is 0 Å². The molecular formula is C14H16N2O4S. The lowest BCUT2D eigenvalue weighted by molar-refractivity contribution is -0.137. The first-order valence-corrected chi connectivity index (χ1v) is 7.88. The zero-order chi connectivity index (χ0) is 15.0. The van der Waals surface area contributed by atoms with Crippen LogP contribution in [-0.4, -0.2) is 20.6 Å². The van der Waals surface area contributed by atoms with Crippen LogP contribution in [0.25, 0.3) is 10.2 Å². The Labute approximate surface area is 124 Å². The summed E-state index contributed by atoms with van der Waals surface area (Å²) in [4.78, 5) is 39.8. The molecule has 2 aromatic heterocycles. The molecule has 0 unspecified atom stereocenters. The third-order valence-electron chi connectivity index (χ3n) is 3.87. The van der Waals surface area contributed by atoms with Crippen LogP contribution in [0.5, 0.6) is 0 Å². The van der Waals surface area contributed by atoms with Gasteiger partial charge in [0.1, 0.15) is 4.83 Å². The fourth-order valence-corrected chi connectivity index (χ4v) is 4.13. The first kappa shape index (κ1) is 14.1.